The maximum atomic E-state index is 13.2. The molecule has 0 aromatic heterocycles. The summed E-state index contributed by atoms with van der Waals surface area (Å²) in [6.45, 7) is 4.19. The van der Waals surface area contributed by atoms with Gasteiger partial charge in [-0.1, -0.05) is 18.2 Å². The van der Waals surface area contributed by atoms with Crippen molar-refractivity contribution < 1.29 is 9.18 Å². The van der Waals surface area contributed by atoms with Gasteiger partial charge in [0.15, 0.2) is 0 Å². The normalized spacial score (nSPS) is 23.0. The molecular weight excluding hydrogens is 375 g/mol. The largest absolute Gasteiger partial charge is 0.312 e. The third kappa shape index (κ3) is 4.02. The summed E-state index contributed by atoms with van der Waals surface area (Å²) >= 11 is 0. The van der Waals surface area contributed by atoms with Crippen LogP contribution in [-0.4, -0.2) is 37.0 Å². The second kappa shape index (κ2) is 8.50. The maximum Gasteiger partial charge on any atom is 0.226 e. The van der Waals surface area contributed by atoms with Crippen molar-refractivity contribution in [1.82, 2.24) is 4.90 Å². The Morgan fingerprint density at radius 2 is 1.70 bits per heavy atom. The van der Waals surface area contributed by atoms with Gasteiger partial charge in [0.25, 0.3) is 0 Å². The molecule has 2 aliphatic heterocycles. The quantitative estimate of drug-likeness (QED) is 0.692. The van der Waals surface area contributed by atoms with E-state index in [0.717, 1.165) is 64.0 Å². The first-order chi connectivity index (χ1) is 14.7. The Labute approximate surface area is 178 Å². The third-order valence-electron chi connectivity index (χ3n) is 7.37. The number of amides is 1. The molecule has 4 heteroatoms. The highest BCUT2D eigenvalue weighted by molar-refractivity contribution is 5.94. The number of piperidine rings is 2. The molecule has 0 bridgehead atoms. The number of carbonyl (C=O) groups excluding carboxylic acids is 1. The Balaban J connectivity index is 1.23. The summed E-state index contributed by atoms with van der Waals surface area (Å²) < 4.78 is 13.2. The number of nitrogens with zero attached hydrogens (tertiary/aromatic N) is 2. The summed E-state index contributed by atoms with van der Waals surface area (Å²) in [4.78, 5) is 17.0. The van der Waals surface area contributed by atoms with Crippen LogP contribution in [0, 0.1) is 5.82 Å². The molecular formula is C26H31FN2O. The molecule has 3 aliphatic rings. The zero-order chi connectivity index (χ0) is 20.5. The van der Waals surface area contributed by atoms with E-state index in [0.29, 0.717) is 18.3 Å². The van der Waals surface area contributed by atoms with E-state index >= 15 is 0 Å². The van der Waals surface area contributed by atoms with Crippen LogP contribution < -0.4 is 4.90 Å². The molecule has 1 amide bonds. The lowest BCUT2D eigenvalue weighted by Gasteiger charge is -2.34. The first kappa shape index (κ1) is 19.7. The first-order valence-electron chi connectivity index (χ1n) is 11.6. The Kier molecular flexibility index (Phi) is 5.60. The Hall–Kier alpha value is -2.20. The van der Waals surface area contributed by atoms with Gasteiger partial charge in [0.05, 0.1) is 0 Å². The van der Waals surface area contributed by atoms with E-state index in [1.165, 1.54) is 23.1 Å². The second-order valence-electron chi connectivity index (χ2n) is 9.25. The summed E-state index contributed by atoms with van der Waals surface area (Å²) in [6.07, 6.45) is 7.47. The number of rotatable bonds is 4. The maximum absolute atomic E-state index is 13.2. The molecule has 3 nitrogen and oxygen atoms in total. The molecule has 158 valence electrons. The monoisotopic (exact) mass is 406 g/mol. The number of aryl methyl sites for hydroxylation is 1. The van der Waals surface area contributed by atoms with Crippen molar-refractivity contribution in [2.45, 2.75) is 56.8 Å². The van der Waals surface area contributed by atoms with Gasteiger partial charge in [-0.05, 0) is 104 Å². The van der Waals surface area contributed by atoms with Crippen LogP contribution in [-0.2, 0) is 11.2 Å². The fourth-order valence-electron chi connectivity index (χ4n) is 5.61. The zero-order valence-electron chi connectivity index (χ0n) is 17.7. The molecule has 1 unspecified atom stereocenters. The van der Waals surface area contributed by atoms with Crippen molar-refractivity contribution in [3.05, 3.63) is 65.0 Å². The molecule has 1 aliphatic carbocycles. The third-order valence-corrected chi connectivity index (χ3v) is 7.37. The molecule has 2 heterocycles. The van der Waals surface area contributed by atoms with Gasteiger partial charge >= 0.3 is 0 Å². The highest BCUT2D eigenvalue weighted by atomic mass is 19.1. The van der Waals surface area contributed by atoms with Crippen LogP contribution in [0.1, 0.15) is 67.1 Å². The van der Waals surface area contributed by atoms with E-state index in [1.807, 2.05) is 17.0 Å². The minimum atomic E-state index is -0.151. The lowest BCUT2D eigenvalue weighted by molar-refractivity contribution is -0.119. The van der Waals surface area contributed by atoms with Crippen LogP contribution in [0.4, 0.5) is 10.1 Å². The molecule has 2 aromatic rings. The zero-order valence-corrected chi connectivity index (χ0v) is 17.7. The van der Waals surface area contributed by atoms with Crippen LogP contribution in [0.15, 0.2) is 42.5 Å². The lowest BCUT2D eigenvalue weighted by Crippen LogP contribution is -2.36. The second-order valence-corrected chi connectivity index (χ2v) is 9.25. The first-order valence-corrected chi connectivity index (χ1v) is 11.6. The molecule has 0 N–H and O–H groups in total. The van der Waals surface area contributed by atoms with Gasteiger partial charge in [0.2, 0.25) is 5.91 Å². The van der Waals surface area contributed by atoms with Gasteiger partial charge in [-0.15, -0.1) is 0 Å². The average Bonchev–Trinajstić information content (AvgIpc) is 3.17. The van der Waals surface area contributed by atoms with E-state index in [2.05, 4.69) is 23.1 Å². The number of anilines is 1. The minimum absolute atomic E-state index is 0.151. The van der Waals surface area contributed by atoms with Gasteiger partial charge in [-0.2, -0.15) is 0 Å². The summed E-state index contributed by atoms with van der Waals surface area (Å²) in [7, 11) is 0. The average molecular weight is 407 g/mol. The smallest absolute Gasteiger partial charge is 0.226 e. The summed E-state index contributed by atoms with van der Waals surface area (Å²) in [6, 6.07) is 13.8. The van der Waals surface area contributed by atoms with Gasteiger partial charge < -0.3 is 9.80 Å². The number of benzene rings is 2. The molecule has 1 atom stereocenters. The Bertz CT molecular complexity index is 902. The van der Waals surface area contributed by atoms with Gasteiger partial charge in [0, 0.05) is 25.2 Å². The van der Waals surface area contributed by atoms with Gasteiger partial charge in [-0.3, -0.25) is 4.79 Å². The van der Waals surface area contributed by atoms with Crippen molar-refractivity contribution in [3.63, 3.8) is 0 Å². The molecule has 30 heavy (non-hydrogen) atoms. The van der Waals surface area contributed by atoms with Crippen molar-refractivity contribution in [2.75, 3.05) is 31.1 Å². The number of hydrogen-bond donors (Lipinski definition) is 0. The Morgan fingerprint density at radius 3 is 2.47 bits per heavy atom. The highest BCUT2D eigenvalue weighted by Crippen LogP contribution is 2.38. The van der Waals surface area contributed by atoms with Crippen LogP contribution in [0.2, 0.25) is 0 Å². The minimum Gasteiger partial charge on any atom is -0.312 e. The van der Waals surface area contributed by atoms with Crippen LogP contribution in [0.25, 0.3) is 0 Å². The number of fused-ring (bicyclic) bond motifs is 1. The summed E-state index contributed by atoms with van der Waals surface area (Å²) in [5, 5.41) is 0. The summed E-state index contributed by atoms with van der Waals surface area (Å²) in [5.41, 5.74) is 5.31. The van der Waals surface area contributed by atoms with E-state index in [4.69, 9.17) is 0 Å². The number of carbonyl (C=O) groups is 1. The fourth-order valence-corrected chi connectivity index (χ4v) is 5.61. The topological polar surface area (TPSA) is 23.6 Å². The van der Waals surface area contributed by atoms with E-state index in [1.54, 1.807) is 12.1 Å². The fraction of sp³-hybridized carbons (Fsp3) is 0.500. The lowest BCUT2D eigenvalue weighted by atomic mass is 9.88. The standard InChI is InChI=1S/C26H31FN2O/c27-23-9-6-19(7-10-23)20-12-15-28(16-13-20)18-22-5-4-21-8-11-24(17-25(21)22)29-14-2-1-3-26(29)30/h6-11,17,20,22H,1-5,12-16,18H2. The molecule has 0 radical (unpaired) electrons. The van der Waals surface area contributed by atoms with Crippen molar-refractivity contribution in [3.8, 4) is 0 Å². The predicted molar refractivity (Wildman–Crippen MR) is 119 cm³/mol. The molecule has 2 saturated heterocycles. The number of hydrogen-bond acceptors (Lipinski definition) is 2. The summed E-state index contributed by atoms with van der Waals surface area (Å²) in [5.74, 6) is 1.25. The van der Waals surface area contributed by atoms with Crippen molar-refractivity contribution in [2.24, 2.45) is 0 Å². The Morgan fingerprint density at radius 1 is 0.900 bits per heavy atom. The van der Waals surface area contributed by atoms with Gasteiger partial charge in [0.1, 0.15) is 5.82 Å². The van der Waals surface area contributed by atoms with E-state index in [9.17, 15) is 9.18 Å². The molecule has 5 rings (SSSR count). The van der Waals surface area contributed by atoms with E-state index < -0.39 is 0 Å². The predicted octanol–water partition coefficient (Wildman–Crippen LogP) is 5.25. The van der Waals surface area contributed by atoms with Crippen molar-refractivity contribution >= 4 is 11.6 Å². The van der Waals surface area contributed by atoms with Crippen LogP contribution >= 0.6 is 0 Å². The SMILES string of the molecule is O=C1CCCCN1c1ccc2c(c1)C(CN1CCC(c3ccc(F)cc3)CC1)CC2. The molecule has 2 fully saturated rings. The molecule has 0 spiro atoms. The highest BCUT2D eigenvalue weighted by Gasteiger charge is 2.29. The number of halogens is 1. The molecule has 0 saturated carbocycles. The van der Waals surface area contributed by atoms with Gasteiger partial charge in [-0.25, -0.2) is 4.39 Å². The number of likely N-dealkylation sites (tertiary alicyclic amines) is 1. The van der Waals surface area contributed by atoms with Crippen molar-refractivity contribution in [1.29, 1.82) is 0 Å². The van der Waals surface area contributed by atoms with E-state index in [-0.39, 0.29) is 11.7 Å². The molecule has 2 aromatic carbocycles. The van der Waals surface area contributed by atoms with Crippen LogP contribution in [0.5, 0.6) is 0 Å². The van der Waals surface area contributed by atoms with Crippen LogP contribution in [0.3, 0.4) is 0 Å².